The van der Waals surface area contributed by atoms with Gasteiger partial charge in [-0.15, -0.1) is 5.10 Å². The number of carboxylic acid groups (broad SMARTS) is 1. The molecule has 0 spiro atoms. The van der Waals surface area contributed by atoms with Crippen LogP contribution in [0.1, 0.15) is 11.4 Å². The number of aromatic nitrogens is 3. The fourth-order valence-corrected chi connectivity index (χ4v) is 1.98. The Kier molecular flexibility index (Phi) is 4.63. The summed E-state index contributed by atoms with van der Waals surface area (Å²) in [7, 11) is 0. The zero-order valence-electron chi connectivity index (χ0n) is 12.0. The second kappa shape index (κ2) is 6.44. The molecule has 0 saturated carbocycles. The number of carbonyl (C=O) groups is 2. The van der Waals surface area contributed by atoms with E-state index in [0.717, 1.165) is 5.69 Å². The molecule has 9 nitrogen and oxygen atoms in total. The van der Waals surface area contributed by atoms with Crippen molar-refractivity contribution in [3.8, 4) is 0 Å². The number of amides is 2. The molecule has 0 aromatic carbocycles. The summed E-state index contributed by atoms with van der Waals surface area (Å²) in [4.78, 5) is 30.2. The van der Waals surface area contributed by atoms with Crippen molar-refractivity contribution in [3.05, 3.63) is 11.4 Å². The van der Waals surface area contributed by atoms with E-state index in [-0.39, 0.29) is 18.5 Å². The van der Waals surface area contributed by atoms with E-state index in [4.69, 9.17) is 5.11 Å². The van der Waals surface area contributed by atoms with Crippen LogP contribution in [0.15, 0.2) is 0 Å². The summed E-state index contributed by atoms with van der Waals surface area (Å²) in [6.45, 7) is 5.60. The van der Waals surface area contributed by atoms with Crippen molar-refractivity contribution in [2.45, 2.75) is 13.8 Å². The summed E-state index contributed by atoms with van der Waals surface area (Å²) in [5.41, 5.74) is 1.43. The molecular formula is C12H18N6O3. The molecule has 0 aliphatic carbocycles. The smallest absolute Gasteiger partial charge is 0.324 e. The second-order valence-corrected chi connectivity index (χ2v) is 4.89. The van der Waals surface area contributed by atoms with Gasteiger partial charge in [0.05, 0.1) is 17.9 Å². The molecule has 2 amide bonds. The summed E-state index contributed by atoms with van der Waals surface area (Å²) < 4.78 is 0. The number of hydrogen-bond donors (Lipinski definition) is 2. The second-order valence-electron chi connectivity index (χ2n) is 4.89. The molecule has 1 fully saturated rings. The van der Waals surface area contributed by atoms with Crippen LogP contribution in [0.25, 0.3) is 0 Å². The van der Waals surface area contributed by atoms with E-state index in [9.17, 15) is 9.59 Å². The van der Waals surface area contributed by atoms with Crippen molar-refractivity contribution in [3.63, 3.8) is 0 Å². The predicted molar refractivity (Wildman–Crippen MR) is 74.0 cm³/mol. The molecule has 0 unspecified atom stereocenters. The molecule has 9 heteroatoms. The summed E-state index contributed by atoms with van der Waals surface area (Å²) in [5.74, 6) is -0.682. The Labute approximate surface area is 122 Å². The van der Waals surface area contributed by atoms with Gasteiger partial charge in [-0.25, -0.2) is 9.78 Å². The molecule has 0 bridgehead atoms. The number of nitrogens with one attached hydrogen (secondary N) is 1. The molecule has 21 heavy (non-hydrogen) atoms. The lowest BCUT2D eigenvalue weighted by atomic mass is 10.3. The normalized spacial score (nSPS) is 15.8. The highest BCUT2D eigenvalue weighted by molar-refractivity contribution is 5.87. The number of hydrogen-bond acceptors (Lipinski definition) is 6. The Hall–Kier alpha value is -2.29. The van der Waals surface area contributed by atoms with Gasteiger partial charge in [0.2, 0.25) is 0 Å². The van der Waals surface area contributed by atoms with Gasteiger partial charge in [-0.05, 0) is 13.8 Å². The minimum Gasteiger partial charge on any atom is -0.480 e. The lowest BCUT2D eigenvalue weighted by Crippen LogP contribution is -2.51. The van der Waals surface area contributed by atoms with E-state index >= 15 is 0 Å². The maximum atomic E-state index is 12.1. The van der Waals surface area contributed by atoms with Gasteiger partial charge >= 0.3 is 12.0 Å². The molecule has 2 rings (SSSR count). The maximum absolute atomic E-state index is 12.1. The number of aryl methyl sites for hydroxylation is 2. The first-order chi connectivity index (χ1) is 9.95. The zero-order valence-corrected chi connectivity index (χ0v) is 12.0. The fraction of sp³-hybridized carbons (Fsp3) is 0.583. The third-order valence-electron chi connectivity index (χ3n) is 3.33. The summed E-state index contributed by atoms with van der Waals surface area (Å²) in [6.07, 6.45) is 0. The Bertz CT molecular complexity index is 542. The Morgan fingerprint density at radius 2 is 1.81 bits per heavy atom. The summed E-state index contributed by atoms with van der Waals surface area (Å²) in [6, 6.07) is -0.296. The lowest BCUT2D eigenvalue weighted by molar-refractivity contribution is -0.138. The summed E-state index contributed by atoms with van der Waals surface area (Å²) in [5, 5.41) is 19.1. The fourth-order valence-electron chi connectivity index (χ4n) is 1.98. The van der Waals surface area contributed by atoms with Gasteiger partial charge in [-0.1, -0.05) is 0 Å². The van der Waals surface area contributed by atoms with Gasteiger partial charge in [-0.2, -0.15) is 5.10 Å². The number of carboxylic acids is 1. The first-order valence-corrected chi connectivity index (χ1v) is 6.63. The first kappa shape index (κ1) is 15.1. The number of nitrogens with zero attached hydrogens (tertiary/aromatic N) is 5. The quantitative estimate of drug-likeness (QED) is 0.788. The van der Waals surface area contributed by atoms with Gasteiger partial charge in [0.1, 0.15) is 0 Å². The number of rotatable bonds is 3. The molecule has 0 radical (unpaired) electrons. The lowest BCUT2D eigenvalue weighted by Gasteiger charge is -2.33. The molecule has 1 aromatic rings. The van der Waals surface area contributed by atoms with E-state index in [0.29, 0.717) is 31.9 Å². The van der Waals surface area contributed by atoms with E-state index in [1.165, 1.54) is 0 Å². The highest BCUT2D eigenvalue weighted by atomic mass is 16.4. The zero-order chi connectivity index (χ0) is 15.4. The molecule has 2 N–H and O–H groups in total. The largest absolute Gasteiger partial charge is 0.480 e. The van der Waals surface area contributed by atoms with Crippen molar-refractivity contribution in [2.24, 2.45) is 0 Å². The molecule has 1 aromatic heterocycles. The van der Waals surface area contributed by atoms with Crippen molar-refractivity contribution >= 4 is 17.9 Å². The Morgan fingerprint density at radius 1 is 1.14 bits per heavy atom. The van der Waals surface area contributed by atoms with Gasteiger partial charge < -0.3 is 10.0 Å². The minimum atomic E-state index is -0.859. The van der Waals surface area contributed by atoms with Crippen LogP contribution < -0.4 is 5.32 Å². The van der Waals surface area contributed by atoms with E-state index in [1.54, 1.807) is 23.6 Å². The SMILES string of the molecule is Cc1nnc(NC(=O)N2CCN(CC(=O)O)CC2)nc1C. The molecule has 1 aliphatic heterocycles. The van der Waals surface area contributed by atoms with Crippen molar-refractivity contribution in [2.75, 3.05) is 38.0 Å². The number of anilines is 1. The van der Waals surface area contributed by atoms with E-state index in [1.807, 2.05) is 0 Å². The number of piperazine rings is 1. The van der Waals surface area contributed by atoms with Crippen LogP contribution in [0.2, 0.25) is 0 Å². The molecule has 1 aliphatic rings. The number of carbonyl (C=O) groups excluding carboxylic acids is 1. The molecular weight excluding hydrogens is 276 g/mol. The van der Waals surface area contributed by atoms with E-state index < -0.39 is 5.97 Å². The van der Waals surface area contributed by atoms with Gasteiger partial charge in [-0.3, -0.25) is 15.0 Å². The van der Waals surface area contributed by atoms with Crippen LogP contribution in [0.3, 0.4) is 0 Å². The summed E-state index contributed by atoms with van der Waals surface area (Å²) >= 11 is 0. The molecule has 0 atom stereocenters. The Balaban J connectivity index is 1.87. The minimum absolute atomic E-state index is 0.000350. The van der Waals surface area contributed by atoms with Gasteiger partial charge in [0.15, 0.2) is 0 Å². The van der Waals surface area contributed by atoms with Crippen LogP contribution >= 0.6 is 0 Å². The van der Waals surface area contributed by atoms with Crippen LogP contribution in [0, 0.1) is 13.8 Å². The Morgan fingerprint density at radius 3 is 2.38 bits per heavy atom. The van der Waals surface area contributed by atoms with Crippen LogP contribution in [-0.2, 0) is 4.79 Å². The number of urea groups is 1. The van der Waals surface area contributed by atoms with Crippen LogP contribution in [-0.4, -0.2) is 74.8 Å². The van der Waals surface area contributed by atoms with Gasteiger partial charge in [0.25, 0.3) is 5.95 Å². The third-order valence-corrected chi connectivity index (χ3v) is 3.33. The highest BCUT2D eigenvalue weighted by Crippen LogP contribution is 2.06. The predicted octanol–water partition coefficient (Wildman–Crippen LogP) is -0.277. The molecule has 114 valence electrons. The first-order valence-electron chi connectivity index (χ1n) is 6.63. The maximum Gasteiger partial charge on any atom is 0.324 e. The van der Waals surface area contributed by atoms with Crippen LogP contribution in [0.5, 0.6) is 0 Å². The number of aliphatic carboxylic acids is 1. The van der Waals surface area contributed by atoms with E-state index in [2.05, 4.69) is 20.5 Å². The third kappa shape index (κ3) is 4.09. The van der Waals surface area contributed by atoms with Gasteiger partial charge in [0, 0.05) is 26.2 Å². The molecule has 2 heterocycles. The van der Waals surface area contributed by atoms with Crippen molar-refractivity contribution in [1.82, 2.24) is 25.0 Å². The standard InChI is InChI=1S/C12H18N6O3/c1-8-9(2)15-16-11(13-8)14-12(21)18-5-3-17(4-6-18)7-10(19)20/h3-7H2,1-2H3,(H,19,20)(H,13,14,16,21). The highest BCUT2D eigenvalue weighted by Gasteiger charge is 2.22. The molecule has 1 saturated heterocycles. The van der Waals surface area contributed by atoms with Crippen LogP contribution in [0.4, 0.5) is 10.7 Å². The average Bonchev–Trinajstić information content (AvgIpc) is 2.43. The van der Waals surface area contributed by atoms with Crippen molar-refractivity contribution in [1.29, 1.82) is 0 Å². The average molecular weight is 294 g/mol. The monoisotopic (exact) mass is 294 g/mol. The topological polar surface area (TPSA) is 112 Å². The van der Waals surface area contributed by atoms with Crippen molar-refractivity contribution < 1.29 is 14.7 Å².